The Morgan fingerprint density at radius 1 is 1.33 bits per heavy atom. The van der Waals surface area contributed by atoms with Crippen molar-refractivity contribution in [2.75, 3.05) is 14.1 Å². The molecular weight excluding hydrogens is 264 g/mol. The number of benzene rings is 1. The lowest BCUT2D eigenvalue weighted by Gasteiger charge is -2.27. The summed E-state index contributed by atoms with van der Waals surface area (Å²) in [4.78, 5) is 2.31. The second-order valence-corrected chi connectivity index (χ2v) is 5.89. The van der Waals surface area contributed by atoms with Gasteiger partial charge in [-0.2, -0.15) is 0 Å². The molecule has 2 aromatic heterocycles. The molecule has 0 saturated heterocycles. The van der Waals surface area contributed by atoms with Gasteiger partial charge in [-0.25, -0.2) is 4.68 Å². The molecule has 0 fully saturated rings. The third-order valence-corrected chi connectivity index (χ3v) is 4.42. The minimum Gasteiger partial charge on any atom is -0.461 e. The molecule has 1 aliphatic carbocycles. The molecule has 1 aliphatic rings. The summed E-state index contributed by atoms with van der Waals surface area (Å²) in [6.45, 7) is 0. The minimum absolute atomic E-state index is 0.591. The first kappa shape index (κ1) is 12.6. The van der Waals surface area contributed by atoms with E-state index in [0.717, 1.165) is 36.3 Å². The monoisotopic (exact) mass is 282 g/mol. The lowest BCUT2D eigenvalue weighted by atomic mass is 9.91. The van der Waals surface area contributed by atoms with Crippen LogP contribution in [0.4, 0.5) is 0 Å². The fraction of sp³-hybridized carbons (Fsp3) is 0.375. The SMILES string of the molecule is CN(C)C1CCc2oc3ccc(-n4ccnn4)cc3c2C1. The Bertz CT molecular complexity index is 773. The van der Waals surface area contributed by atoms with Crippen LogP contribution >= 0.6 is 0 Å². The molecule has 0 radical (unpaired) electrons. The lowest BCUT2D eigenvalue weighted by molar-refractivity contribution is 0.261. The van der Waals surface area contributed by atoms with Gasteiger partial charge in [-0.1, -0.05) is 5.21 Å². The summed E-state index contributed by atoms with van der Waals surface area (Å²) in [6.07, 6.45) is 6.78. The minimum atomic E-state index is 0.591. The zero-order chi connectivity index (χ0) is 14.4. The molecule has 21 heavy (non-hydrogen) atoms. The fourth-order valence-electron chi connectivity index (χ4n) is 3.18. The quantitative estimate of drug-likeness (QED) is 0.724. The summed E-state index contributed by atoms with van der Waals surface area (Å²) in [5, 5.41) is 9.15. The molecule has 0 aliphatic heterocycles. The average molecular weight is 282 g/mol. The highest BCUT2D eigenvalue weighted by Gasteiger charge is 2.25. The molecule has 0 spiro atoms. The normalized spacial score (nSPS) is 18.3. The Balaban J connectivity index is 1.82. The van der Waals surface area contributed by atoms with Gasteiger partial charge in [0.1, 0.15) is 11.3 Å². The molecule has 4 rings (SSSR count). The van der Waals surface area contributed by atoms with Gasteiger partial charge in [-0.3, -0.25) is 0 Å². The highest BCUT2D eigenvalue weighted by atomic mass is 16.3. The third-order valence-electron chi connectivity index (χ3n) is 4.42. The van der Waals surface area contributed by atoms with Crippen LogP contribution in [0.25, 0.3) is 16.7 Å². The number of hydrogen-bond donors (Lipinski definition) is 0. The van der Waals surface area contributed by atoms with Gasteiger partial charge in [0.25, 0.3) is 0 Å². The van der Waals surface area contributed by atoms with E-state index in [1.54, 1.807) is 10.9 Å². The van der Waals surface area contributed by atoms with E-state index in [1.165, 1.54) is 10.9 Å². The Morgan fingerprint density at radius 2 is 2.24 bits per heavy atom. The van der Waals surface area contributed by atoms with Crippen molar-refractivity contribution in [1.82, 2.24) is 19.9 Å². The highest BCUT2D eigenvalue weighted by molar-refractivity contribution is 5.84. The van der Waals surface area contributed by atoms with E-state index >= 15 is 0 Å². The molecule has 1 atom stereocenters. The van der Waals surface area contributed by atoms with E-state index in [0.29, 0.717) is 6.04 Å². The average Bonchev–Trinajstić information content (AvgIpc) is 3.13. The molecule has 0 amide bonds. The van der Waals surface area contributed by atoms with Crippen molar-refractivity contribution in [2.24, 2.45) is 0 Å². The number of likely N-dealkylation sites (N-methyl/N-ethyl adjacent to an activating group) is 1. The van der Waals surface area contributed by atoms with Gasteiger partial charge in [0, 0.05) is 23.4 Å². The fourth-order valence-corrected chi connectivity index (χ4v) is 3.18. The van der Waals surface area contributed by atoms with Gasteiger partial charge >= 0.3 is 0 Å². The topological polar surface area (TPSA) is 47.1 Å². The van der Waals surface area contributed by atoms with Crippen molar-refractivity contribution in [3.05, 3.63) is 41.9 Å². The van der Waals surface area contributed by atoms with E-state index in [2.05, 4.69) is 35.4 Å². The van der Waals surface area contributed by atoms with Crippen LogP contribution < -0.4 is 0 Å². The standard InChI is InChI=1S/C16H18N4O/c1-19(2)11-3-5-15-13(9-11)14-10-12(4-6-16(14)21-15)20-8-7-17-18-20/h4,6-8,10-11H,3,5,9H2,1-2H3. The zero-order valence-electron chi connectivity index (χ0n) is 12.3. The van der Waals surface area contributed by atoms with Gasteiger partial charge in [0.05, 0.1) is 18.1 Å². The van der Waals surface area contributed by atoms with Crippen molar-refractivity contribution in [3.63, 3.8) is 0 Å². The second kappa shape index (κ2) is 4.70. The van der Waals surface area contributed by atoms with E-state index < -0.39 is 0 Å². The zero-order valence-corrected chi connectivity index (χ0v) is 12.3. The van der Waals surface area contributed by atoms with Crippen molar-refractivity contribution >= 4 is 11.0 Å². The number of hydrogen-bond acceptors (Lipinski definition) is 4. The molecule has 1 unspecified atom stereocenters. The van der Waals surface area contributed by atoms with Crippen LogP contribution in [0.2, 0.25) is 0 Å². The van der Waals surface area contributed by atoms with Gasteiger partial charge in [-0.05, 0) is 45.1 Å². The number of rotatable bonds is 2. The van der Waals surface area contributed by atoms with Crippen molar-refractivity contribution in [2.45, 2.75) is 25.3 Å². The molecule has 2 heterocycles. The maximum Gasteiger partial charge on any atom is 0.134 e. The first-order valence-corrected chi connectivity index (χ1v) is 7.30. The predicted octanol–water partition coefficient (Wildman–Crippen LogP) is 2.43. The molecule has 5 nitrogen and oxygen atoms in total. The maximum atomic E-state index is 6.03. The summed E-state index contributed by atoms with van der Waals surface area (Å²) in [6, 6.07) is 6.81. The van der Waals surface area contributed by atoms with E-state index in [4.69, 9.17) is 4.42 Å². The summed E-state index contributed by atoms with van der Waals surface area (Å²) in [5.41, 5.74) is 3.36. The van der Waals surface area contributed by atoms with Crippen molar-refractivity contribution < 1.29 is 4.42 Å². The number of aromatic nitrogens is 3. The van der Waals surface area contributed by atoms with Crippen LogP contribution in [0, 0.1) is 0 Å². The number of nitrogens with zero attached hydrogens (tertiary/aromatic N) is 4. The van der Waals surface area contributed by atoms with Crippen molar-refractivity contribution in [1.29, 1.82) is 0 Å². The Labute approximate surface area is 123 Å². The van der Waals surface area contributed by atoms with Crippen LogP contribution in [-0.4, -0.2) is 40.0 Å². The first-order chi connectivity index (χ1) is 10.2. The first-order valence-electron chi connectivity index (χ1n) is 7.30. The summed E-state index contributed by atoms with van der Waals surface area (Å²) < 4.78 is 7.81. The molecule has 0 saturated carbocycles. The highest BCUT2D eigenvalue weighted by Crippen LogP contribution is 2.34. The van der Waals surface area contributed by atoms with Gasteiger partial charge < -0.3 is 9.32 Å². The van der Waals surface area contributed by atoms with E-state index in [-0.39, 0.29) is 0 Å². The molecule has 5 heteroatoms. The Hall–Kier alpha value is -2.14. The third kappa shape index (κ3) is 2.05. The molecule has 3 aromatic rings. The van der Waals surface area contributed by atoms with Gasteiger partial charge in [0.15, 0.2) is 0 Å². The lowest BCUT2D eigenvalue weighted by Crippen LogP contribution is -2.33. The van der Waals surface area contributed by atoms with Gasteiger partial charge in [-0.15, -0.1) is 5.10 Å². The summed E-state index contributed by atoms with van der Waals surface area (Å²) >= 11 is 0. The van der Waals surface area contributed by atoms with Crippen LogP contribution in [0.1, 0.15) is 17.7 Å². The Morgan fingerprint density at radius 3 is 3.00 bits per heavy atom. The smallest absolute Gasteiger partial charge is 0.134 e. The maximum absolute atomic E-state index is 6.03. The number of furan rings is 1. The van der Waals surface area contributed by atoms with E-state index in [9.17, 15) is 0 Å². The number of fused-ring (bicyclic) bond motifs is 3. The van der Waals surface area contributed by atoms with Crippen LogP contribution in [0.15, 0.2) is 35.0 Å². The van der Waals surface area contributed by atoms with Crippen LogP contribution in [0.3, 0.4) is 0 Å². The Kier molecular flexibility index (Phi) is 2.82. The van der Waals surface area contributed by atoms with Crippen molar-refractivity contribution in [3.8, 4) is 5.69 Å². The largest absolute Gasteiger partial charge is 0.461 e. The van der Waals surface area contributed by atoms with Gasteiger partial charge in [0.2, 0.25) is 0 Å². The molecule has 0 N–H and O–H groups in total. The predicted molar refractivity (Wildman–Crippen MR) is 80.6 cm³/mol. The number of aryl methyl sites for hydroxylation is 1. The summed E-state index contributed by atoms with van der Waals surface area (Å²) in [5.74, 6) is 1.15. The molecule has 0 bridgehead atoms. The summed E-state index contributed by atoms with van der Waals surface area (Å²) in [7, 11) is 4.30. The molecule has 108 valence electrons. The van der Waals surface area contributed by atoms with Crippen LogP contribution in [-0.2, 0) is 12.8 Å². The molecule has 1 aromatic carbocycles. The van der Waals surface area contributed by atoms with Crippen LogP contribution in [0.5, 0.6) is 0 Å². The van der Waals surface area contributed by atoms with E-state index in [1.807, 2.05) is 18.3 Å². The molecular formula is C16H18N4O. The second-order valence-electron chi connectivity index (χ2n) is 5.89.